The summed E-state index contributed by atoms with van der Waals surface area (Å²) in [5.41, 5.74) is 0.170. The highest BCUT2D eigenvalue weighted by molar-refractivity contribution is 5.90. The smallest absolute Gasteiger partial charge is 0.416 e. The van der Waals surface area contributed by atoms with Crippen molar-refractivity contribution in [2.24, 2.45) is 0 Å². The van der Waals surface area contributed by atoms with Gasteiger partial charge in [-0.2, -0.15) is 18.4 Å². The highest BCUT2D eigenvalue weighted by atomic mass is 19.4. The van der Waals surface area contributed by atoms with E-state index in [-0.39, 0.29) is 16.6 Å². The Labute approximate surface area is 134 Å². The lowest BCUT2D eigenvalue weighted by Gasteiger charge is -2.09. The molecule has 0 aliphatic carbocycles. The van der Waals surface area contributed by atoms with E-state index in [1.54, 1.807) is 0 Å². The number of fused-ring (bicyclic) bond motifs is 1. The minimum absolute atomic E-state index is 0.0618. The van der Waals surface area contributed by atoms with Gasteiger partial charge in [0.15, 0.2) is 0 Å². The summed E-state index contributed by atoms with van der Waals surface area (Å²) in [5, 5.41) is 18.5. The van der Waals surface area contributed by atoms with Crippen molar-refractivity contribution >= 4 is 16.9 Å². The summed E-state index contributed by atoms with van der Waals surface area (Å²) in [4.78, 5) is 10.9. The highest BCUT2D eigenvalue weighted by Crippen LogP contribution is 2.33. The highest BCUT2D eigenvalue weighted by Gasteiger charge is 2.31. The zero-order valence-corrected chi connectivity index (χ0v) is 12.0. The monoisotopic (exact) mass is 330 g/mol. The number of nitrogens with zero attached hydrogens (tertiary/aromatic N) is 2. The standard InChI is InChI=1S/C17H9F3N2O2/c18-17(19,20)12-3-6-14-11(8-21)9-22(15(14)7-12)13-4-1-10(2-5-13)16(23)24/h1-7,9H,(H,23,24). The second-order valence-electron chi connectivity index (χ2n) is 5.11. The van der Waals surface area contributed by atoms with Crippen LogP contribution in [-0.4, -0.2) is 15.6 Å². The Morgan fingerprint density at radius 2 is 1.79 bits per heavy atom. The Morgan fingerprint density at radius 1 is 1.12 bits per heavy atom. The summed E-state index contributed by atoms with van der Waals surface area (Å²) >= 11 is 0. The van der Waals surface area contributed by atoms with Gasteiger partial charge < -0.3 is 9.67 Å². The molecule has 0 fully saturated rings. The van der Waals surface area contributed by atoms with E-state index in [0.717, 1.165) is 12.1 Å². The molecular formula is C17H9F3N2O2. The van der Waals surface area contributed by atoms with Crippen molar-refractivity contribution in [3.8, 4) is 11.8 Å². The molecule has 0 unspecified atom stereocenters. The molecule has 3 rings (SSSR count). The number of hydrogen-bond donors (Lipinski definition) is 1. The van der Waals surface area contributed by atoms with Gasteiger partial charge in [0.05, 0.1) is 22.2 Å². The third kappa shape index (κ3) is 2.58. The topological polar surface area (TPSA) is 66.0 Å². The maximum Gasteiger partial charge on any atom is 0.416 e. The van der Waals surface area contributed by atoms with Crippen LogP contribution in [0.15, 0.2) is 48.7 Å². The van der Waals surface area contributed by atoms with Gasteiger partial charge in [-0.1, -0.05) is 6.07 Å². The van der Waals surface area contributed by atoms with E-state index in [1.165, 1.54) is 41.1 Å². The maximum absolute atomic E-state index is 12.9. The molecule has 1 N–H and O–H groups in total. The van der Waals surface area contributed by atoms with Crippen molar-refractivity contribution < 1.29 is 23.1 Å². The quantitative estimate of drug-likeness (QED) is 0.765. The molecule has 1 heterocycles. The van der Waals surface area contributed by atoms with E-state index in [1.807, 2.05) is 6.07 Å². The summed E-state index contributed by atoms with van der Waals surface area (Å²) in [6.07, 6.45) is -3.07. The van der Waals surface area contributed by atoms with Crippen LogP contribution >= 0.6 is 0 Å². The molecule has 120 valence electrons. The number of alkyl halides is 3. The molecule has 0 spiro atoms. The van der Waals surface area contributed by atoms with Crippen LogP contribution in [-0.2, 0) is 6.18 Å². The van der Waals surface area contributed by atoms with E-state index in [9.17, 15) is 23.2 Å². The van der Waals surface area contributed by atoms with E-state index < -0.39 is 17.7 Å². The fourth-order valence-electron chi connectivity index (χ4n) is 2.47. The number of carbonyl (C=O) groups is 1. The average Bonchev–Trinajstić information content (AvgIpc) is 2.92. The van der Waals surface area contributed by atoms with Gasteiger partial charge in [0.25, 0.3) is 0 Å². The van der Waals surface area contributed by atoms with Crippen LogP contribution in [0.25, 0.3) is 16.6 Å². The lowest BCUT2D eigenvalue weighted by Crippen LogP contribution is -2.05. The van der Waals surface area contributed by atoms with Gasteiger partial charge in [0.2, 0.25) is 0 Å². The third-order valence-electron chi connectivity index (χ3n) is 3.65. The Balaban J connectivity index is 2.23. The van der Waals surface area contributed by atoms with E-state index >= 15 is 0 Å². The van der Waals surface area contributed by atoms with Crippen molar-refractivity contribution in [1.29, 1.82) is 5.26 Å². The third-order valence-corrected chi connectivity index (χ3v) is 3.65. The van der Waals surface area contributed by atoms with Gasteiger partial charge in [0.1, 0.15) is 6.07 Å². The second-order valence-corrected chi connectivity index (χ2v) is 5.11. The maximum atomic E-state index is 12.9. The summed E-state index contributed by atoms with van der Waals surface area (Å²) in [6.45, 7) is 0. The molecule has 0 amide bonds. The van der Waals surface area contributed by atoms with Crippen LogP contribution in [0.3, 0.4) is 0 Å². The molecule has 4 nitrogen and oxygen atoms in total. The molecule has 0 bridgehead atoms. The molecule has 2 aromatic carbocycles. The number of carboxylic acid groups (broad SMARTS) is 1. The van der Waals surface area contributed by atoms with Crippen molar-refractivity contribution in [1.82, 2.24) is 4.57 Å². The van der Waals surface area contributed by atoms with Gasteiger partial charge in [0, 0.05) is 17.3 Å². The van der Waals surface area contributed by atoms with Crippen LogP contribution in [0.2, 0.25) is 0 Å². The largest absolute Gasteiger partial charge is 0.478 e. The molecule has 7 heteroatoms. The predicted molar refractivity (Wildman–Crippen MR) is 80.0 cm³/mol. The summed E-state index contributed by atoms with van der Waals surface area (Å²) in [7, 11) is 0. The van der Waals surface area contributed by atoms with Gasteiger partial charge in [-0.25, -0.2) is 4.79 Å². The van der Waals surface area contributed by atoms with E-state index in [0.29, 0.717) is 11.1 Å². The molecule has 0 radical (unpaired) electrons. The first-order chi connectivity index (χ1) is 11.3. The van der Waals surface area contributed by atoms with Crippen LogP contribution in [0, 0.1) is 11.3 Å². The Kier molecular flexibility index (Phi) is 3.53. The molecule has 0 saturated carbocycles. The summed E-state index contributed by atoms with van der Waals surface area (Å²) < 4.78 is 40.3. The van der Waals surface area contributed by atoms with Crippen LogP contribution in [0.5, 0.6) is 0 Å². The Bertz CT molecular complexity index is 980. The van der Waals surface area contributed by atoms with E-state index in [4.69, 9.17) is 5.11 Å². The number of halogens is 3. The van der Waals surface area contributed by atoms with Gasteiger partial charge in [-0.3, -0.25) is 0 Å². The van der Waals surface area contributed by atoms with Gasteiger partial charge >= 0.3 is 12.1 Å². The number of rotatable bonds is 2. The average molecular weight is 330 g/mol. The lowest BCUT2D eigenvalue weighted by atomic mass is 10.1. The normalized spacial score (nSPS) is 11.4. The SMILES string of the molecule is N#Cc1cn(-c2ccc(C(=O)O)cc2)c2cc(C(F)(F)F)ccc12. The molecule has 24 heavy (non-hydrogen) atoms. The number of carboxylic acids is 1. The fourth-order valence-corrected chi connectivity index (χ4v) is 2.47. The molecule has 1 aromatic heterocycles. The Hall–Kier alpha value is -3.27. The molecule has 0 aliphatic heterocycles. The molecular weight excluding hydrogens is 321 g/mol. The summed E-state index contributed by atoms with van der Waals surface area (Å²) in [6, 6.07) is 10.8. The second kappa shape index (κ2) is 5.42. The predicted octanol–water partition coefficient (Wildman–Crippen LogP) is 4.22. The first-order valence-corrected chi connectivity index (χ1v) is 6.77. The van der Waals surface area contributed by atoms with E-state index in [2.05, 4.69) is 0 Å². The zero-order valence-electron chi connectivity index (χ0n) is 12.0. The fraction of sp³-hybridized carbons (Fsp3) is 0.0588. The molecule has 0 atom stereocenters. The zero-order chi connectivity index (χ0) is 17.5. The molecule has 0 aliphatic rings. The minimum atomic E-state index is -4.50. The molecule has 3 aromatic rings. The first-order valence-electron chi connectivity index (χ1n) is 6.77. The van der Waals surface area contributed by atoms with Crippen LogP contribution in [0.4, 0.5) is 13.2 Å². The van der Waals surface area contributed by atoms with Crippen molar-refractivity contribution in [3.63, 3.8) is 0 Å². The number of nitriles is 1. The number of aromatic carboxylic acids is 1. The summed E-state index contributed by atoms with van der Waals surface area (Å²) in [5.74, 6) is -1.10. The first kappa shape index (κ1) is 15.6. The van der Waals surface area contributed by atoms with Crippen LogP contribution < -0.4 is 0 Å². The Morgan fingerprint density at radius 3 is 2.33 bits per heavy atom. The minimum Gasteiger partial charge on any atom is -0.478 e. The number of benzene rings is 2. The van der Waals surface area contributed by atoms with Gasteiger partial charge in [-0.05, 0) is 36.4 Å². The number of aromatic nitrogens is 1. The van der Waals surface area contributed by atoms with Crippen molar-refractivity contribution in [2.45, 2.75) is 6.18 Å². The molecule has 0 saturated heterocycles. The van der Waals surface area contributed by atoms with Gasteiger partial charge in [-0.15, -0.1) is 0 Å². The van der Waals surface area contributed by atoms with Crippen LogP contribution in [0.1, 0.15) is 21.5 Å². The van der Waals surface area contributed by atoms with Crippen molar-refractivity contribution in [2.75, 3.05) is 0 Å². The van der Waals surface area contributed by atoms with Crippen molar-refractivity contribution in [3.05, 3.63) is 65.4 Å². The lowest BCUT2D eigenvalue weighted by molar-refractivity contribution is -0.137. The number of hydrogen-bond acceptors (Lipinski definition) is 2.